The minimum absolute atomic E-state index is 0.00689. The monoisotopic (exact) mass is 395 g/mol. The molecule has 1 aromatic rings. The third-order valence-electron chi connectivity index (χ3n) is 3.65. The zero-order valence-corrected chi connectivity index (χ0v) is 14.8. The van der Waals surface area contributed by atoms with Gasteiger partial charge in [-0.2, -0.15) is 0 Å². The Morgan fingerprint density at radius 2 is 1.96 bits per heavy atom. The highest BCUT2D eigenvalue weighted by Crippen LogP contribution is 2.36. The molecular weight excluding hydrogens is 382 g/mol. The number of carbonyl (C=O) groups is 3. The van der Waals surface area contributed by atoms with Gasteiger partial charge in [0.2, 0.25) is 0 Å². The molecule has 1 saturated heterocycles. The van der Waals surface area contributed by atoms with E-state index in [1.54, 1.807) is 24.3 Å². The maximum atomic E-state index is 12.6. The Balaban J connectivity index is 1.87. The van der Waals surface area contributed by atoms with Crippen LogP contribution in [0, 0.1) is 0 Å². The number of fused-ring (bicyclic) bond motifs is 1. The molecular formula is C16H13NO7S2. The Labute approximate surface area is 157 Å². The van der Waals surface area contributed by atoms with Crippen molar-refractivity contribution in [1.82, 2.24) is 4.90 Å². The molecule has 136 valence electrons. The molecule has 10 heteroatoms. The van der Waals surface area contributed by atoms with Crippen molar-refractivity contribution in [3.05, 3.63) is 28.7 Å². The minimum Gasteiger partial charge on any atom is -0.486 e. The first-order valence-electron chi connectivity index (χ1n) is 7.48. The summed E-state index contributed by atoms with van der Waals surface area (Å²) in [7, 11) is 0. The molecule has 0 aliphatic carbocycles. The number of carboxylic acid groups (broad SMARTS) is 2. The van der Waals surface area contributed by atoms with Crippen molar-refractivity contribution >= 4 is 52.2 Å². The number of benzene rings is 1. The number of hydrogen-bond acceptors (Lipinski definition) is 7. The van der Waals surface area contributed by atoms with E-state index >= 15 is 0 Å². The number of carboxylic acids is 2. The molecule has 1 aromatic carbocycles. The van der Waals surface area contributed by atoms with Crippen molar-refractivity contribution in [2.75, 3.05) is 13.2 Å². The van der Waals surface area contributed by atoms with Crippen molar-refractivity contribution in [2.45, 2.75) is 12.5 Å². The summed E-state index contributed by atoms with van der Waals surface area (Å²) in [4.78, 5) is 35.9. The lowest BCUT2D eigenvalue weighted by Crippen LogP contribution is -2.45. The zero-order chi connectivity index (χ0) is 18.8. The molecule has 3 rings (SSSR count). The minimum atomic E-state index is -1.55. The Morgan fingerprint density at radius 3 is 2.62 bits per heavy atom. The Morgan fingerprint density at radius 1 is 1.27 bits per heavy atom. The smallest absolute Gasteiger partial charge is 0.327 e. The summed E-state index contributed by atoms with van der Waals surface area (Å²) >= 11 is 6.01. The molecule has 2 N–H and O–H groups in total. The van der Waals surface area contributed by atoms with E-state index in [1.807, 2.05) is 0 Å². The summed E-state index contributed by atoms with van der Waals surface area (Å²) in [5, 5.41) is 18.1. The number of rotatable bonds is 5. The van der Waals surface area contributed by atoms with Gasteiger partial charge >= 0.3 is 11.9 Å². The predicted octanol–water partition coefficient (Wildman–Crippen LogP) is 1.59. The van der Waals surface area contributed by atoms with E-state index in [4.69, 9.17) is 26.8 Å². The number of ether oxygens (including phenoxy) is 2. The van der Waals surface area contributed by atoms with Crippen LogP contribution in [0.2, 0.25) is 0 Å². The molecule has 0 aromatic heterocycles. The van der Waals surface area contributed by atoms with Gasteiger partial charge in [-0.25, -0.2) is 4.79 Å². The standard InChI is InChI=1S/C16H13NO7S2/c18-13(19)7-9(15(21)22)17-14(20)12(26-16(17)25)6-8-1-2-10-11(5-8)24-4-3-23-10/h1-2,5-6,9H,3-4,7H2,(H,18,19)(H,21,22)/b12-6-/t9-/m0/s1. The zero-order valence-electron chi connectivity index (χ0n) is 13.2. The Kier molecular flexibility index (Phi) is 5.14. The molecule has 2 aliphatic heterocycles. The largest absolute Gasteiger partial charge is 0.486 e. The van der Waals surface area contributed by atoms with Crippen LogP contribution >= 0.6 is 24.0 Å². The normalized spacial score (nSPS) is 18.9. The first kappa shape index (κ1) is 18.2. The summed E-state index contributed by atoms with van der Waals surface area (Å²) in [5.41, 5.74) is 0.653. The van der Waals surface area contributed by atoms with Crippen LogP contribution in [-0.2, 0) is 14.4 Å². The van der Waals surface area contributed by atoms with Crippen LogP contribution in [0.3, 0.4) is 0 Å². The topological polar surface area (TPSA) is 113 Å². The Bertz CT molecular complexity index is 836. The van der Waals surface area contributed by atoms with Crippen molar-refractivity contribution in [1.29, 1.82) is 0 Å². The fourth-order valence-electron chi connectivity index (χ4n) is 2.50. The van der Waals surface area contributed by atoms with E-state index < -0.39 is 30.3 Å². The van der Waals surface area contributed by atoms with Gasteiger partial charge in [0.05, 0.1) is 11.3 Å². The number of carbonyl (C=O) groups excluding carboxylic acids is 1. The van der Waals surface area contributed by atoms with Gasteiger partial charge in [0.1, 0.15) is 23.6 Å². The van der Waals surface area contributed by atoms with E-state index in [1.165, 1.54) is 0 Å². The molecule has 0 radical (unpaired) electrons. The molecule has 1 amide bonds. The Hall–Kier alpha value is -2.59. The van der Waals surface area contributed by atoms with Gasteiger partial charge in [0.25, 0.3) is 5.91 Å². The first-order chi connectivity index (χ1) is 12.4. The molecule has 2 aliphatic rings. The summed E-state index contributed by atoms with van der Waals surface area (Å²) in [6.45, 7) is 0.888. The second-order valence-electron chi connectivity index (χ2n) is 5.41. The van der Waals surface area contributed by atoms with E-state index in [2.05, 4.69) is 0 Å². The third kappa shape index (κ3) is 3.65. The average Bonchev–Trinajstić information content (AvgIpc) is 2.86. The summed E-state index contributed by atoms with van der Waals surface area (Å²) in [6, 6.07) is 3.59. The molecule has 1 atom stereocenters. The molecule has 0 bridgehead atoms. The maximum absolute atomic E-state index is 12.6. The van der Waals surface area contributed by atoms with E-state index in [0.29, 0.717) is 30.3 Å². The summed E-state index contributed by atoms with van der Waals surface area (Å²) in [5.74, 6) is -2.24. The average molecular weight is 395 g/mol. The third-order valence-corrected chi connectivity index (χ3v) is 4.98. The SMILES string of the molecule is O=C(O)C[C@@H](C(=O)O)N1C(=O)/C(=C/c2ccc3c(c2)OCCO3)SC1=S. The van der Waals surface area contributed by atoms with E-state index in [-0.39, 0.29) is 9.23 Å². The van der Waals surface area contributed by atoms with Gasteiger partial charge < -0.3 is 19.7 Å². The highest BCUT2D eigenvalue weighted by Gasteiger charge is 2.41. The number of thiocarbonyl (C=S) groups is 1. The van der Waals surface area contributed by atoms with Gasteiger partial charge in [-0.3, -0.25) is 14.5 Å². The second kappa shape index (κ2) is 7.34. The van der Waals surface area contributed by atoms with Crippen LogP contribution in [-0.4, -0.2) is 56.5 Å². The van der Waals surface area contributed by atoms with E-state index in [0.717, 1.165) is 16.7 Å². The van der Waals surface area contributed by atoms with Crippen molar-refractivity contribution in [3.8, 4) is 11.5 Å². The predicted molar refractivity (Wildman–Crippen MR) is 96.1 cm³/mol. The van der Waals surface area contributed by atoms with Crippen LogP contribution < -0.4 is 9.47 Å². The van der Waals surface area contributed by atoms with Crippen LogP contribution in [0.25, 0.3) is 6.08 Å². The maximum Gasteiger partial charge on any atom is 0.327 e. The number of hydrogen-bond donors (Lipinski definition) is 2. The molecule has 2 heterocycles. The molecule has 26 heavy (non-hydrogen) atoms. The van der Waals surface area contributed by atoms with Crippen LogP contribution in [0.4, 0.5) is 0 Å². The molecule has 0 unspecified atom stereocenters. The van der Waals surface area contributed by atoms with Crippen LogP contribution in [0.1, 0.15) is 12.0 Å². The lowest BCUT2D eigenvalue weighted by molar-refractivity contribution is -0.150. The number of aliphatic carboxylic acids is 2. The first-order valence-corrected chi connectivity index (χ1v) is 8.70. The summed E-state index contributed by atoms with van der Waals surface area (Å²) < 4.78 is 10.9. The molecule has 0 saturated carbocycles. The van der Waals surface area contributed by atoms with E-state index in [9.17, 15) is 19.5 Å². The van der Waals surface area contributed by atoms with Gasteiger partial charge in [0, 0.05) is 0 Å². The lowest BCUT2D eigenvalue weighted by atomic mass is 10.1. The van der Waals surface area contributed by atoms with Gasteiger partial charge in [-0.1, -0.05) is 30.0 Å². The second-order valence-corrected chi connectivity index (χ2v) is 7.08. The van der Waals surface area contributed by atoms with Crippen molar-refractivity contribution in [2.24, 2.45) is 0 Å². The molecule has 8 nitrogen and oxygen atoms in total. The van der Waals surface area contributed by atoms with Crippen LogP contribution in [0.15, 0.2) is 23.1 Å². The van der Waals surface area contributed by atoms with Crippen LogP contribution in [0.5, 0.6) is 11.5 Å². The quantitative estimate of drug-likeness (QED) is 0.567. The number of amides is 1. The summed E-state index contributed by atoms with van der Waals surface area (Å²) in [6.07, 6.45) is 0.816. The fourth-order valence-corrected chi connectivity index (χ4v) is 3.86. The van der Waals surface area contributed by atoms with Crippen molar-refractivity contribution in [3.63, 3.8) is 0 Å². The highest BCUT2D eigenvalue weighted by atomic mass is 32.2. The number of nitrogens with zero attached hydrogens (tertiary/aromatic N) is 1. The molecule has 1 fully saturated rings. The van der Waals surface area contributed by atoms with Gasteiger partial charge in [0.15, 0.2) is 11.5 Å². The molecule has 0 spiro atoms. The van der Waals surface area contributed by atoms with Crippen molar-refractivity contribution < 1.29 is 34.1 Å². The highest BCUT2D eigenvalue weighted by molar-refractivity contribution is 8.26. The van der Waals surface area contributed by atoms with Gasteiger partial charge in [-0.05, 0) is 23.8 Å². The lowest BCUT2D eigenvalue weighted by Gasteiger charge is -2.21. The fraction of sp³-hybridized carbons (Fsp3) is 0.250. The number of thioether (sulfide) groups is 1. The van der Waals surface area contributed by atoms with Gasteiger partial charge in [-0.15, -0.1) is 0 Å².